The van der Waals surface area contributed by atoms with Crippen molar-refractivity contribution < 1.29 is 13.9 Å². The van der Waals surface area contributed by atoms with Gasteiger partial charge in [0.25, 0.3) is 5.91 Å². The second kappa shape index (κ2) is 6.97. The molecule has 0 aliphatic heterocycles. The van der Waals surface area contributed by atoms with Crippen LogP contribution in [0.4, 0.5) is 4.39 Å². The summed E-state index contributed by atoms with van der Waals surface area (Å²) in [5.74, 6) is -0.0712. The lowest BCUT2D eigenvalue weighted by molar-refractivity contribution is 0.0997. The van der Waals surface area contributed by atoms with Crippen molar-refractivity contribution in [3.8, 4) is 5.75 Å². The number of ether oxygens (including phenoxy) is 1. The van der Waals surface area contributed by atoms with Gasteiger partial charge in [-0.2, -0.15) is 4.99 Å². The maximum atomic E-state index is 14.2. The van der Waals surface area contributed by atoms with E-state index in [1.807, 2.05) is 13.0 Å². The molecule has 3 aromatic rings. The number of para-hydroxylation sites is 1. The van der Waals surface area contributed by atoms with Gasteiger partial charge in [0, 0.05) is 12.1 Å². The van der Waals surface area contributed by atoms with Crippen molar-refractivity contribution in [3.05, 3.63) is 58.6 Å². The van der Waals surface area contributed by atoms with Crippen LogP contribution in [-0.4, -0.2) is 17.6 Å². The summed E-state index contributed by atoms with van der Waals surface area (Å²) in [7, 11) is 1.55. The molecule has 2 aromatic carbocycles. The first-order valence-corrected chi connectivity index (χ1v) is 8.46. The molecule has 6 heteroatoms. The number of carbonyl (C=O) groups excluding carboxylic acids is 1. The molecule has 0 saturated heterocycles. The number of carbonyl (C=O) groups is 1. The predicted octanol–water partition coefficient (Wildman–Crippen LogP) is 4.00. The third-order valence-electron chi connectivity index (χ3n) is 3.61. The zero-order valence-electron chi connectivity index (χ0n) is 13.5. The standard InChI is InChI=1S/C18H17FN2O2S/c1-3-10-21-16-14(19)8-5-9-15(16)24-18(21)20-17(22)12-6-4-7-13(11-12)23-2/h4-9,11H,3,10H2,1-2H3. The lowest BCUT2D eigenvalue weighted by Gasteiger charge is -2.03. The van der Waals surface area contributed by atoms with Crippen LogP contribution in [0.25, 0.3) is 10.2 Å². The van der Waals surface area contributed by atoms with Crippen LogP contribution < -0.4 is 9.54 Å². The average molecular weight is 344 g/mol. The third kappa shape index (κ3) is 3.10. The zero-order valence-corrected chi connectivity index (χ0v) is 14.3. The number of methoxy groups -OCH3 is 1. The summed E-state index contributed by atoms with van der Waals surface area (Å²) >= 11 is 1.32. The fraction of sp³-hybridized carbons (Fsp3) is 0.222. The first-order valence-electron chi connectivity index (χ1n) is 7.65. The maximum Gasteiger partial charge on any atom is 0.279 e. The summed E-state index contributed by atoms with van der Waals surface area (Å²) in [6.07, 6.45) is 0.820. The molecule has 3 rings (SSSR count). The Morgan fingerprint density at radius 1 is 1.29 bits per heavy atom. The van der Waals surface area contributed by atoms with Gasteiger partial charge in [-0.15, -0.1) is 0 Å². The summed E-state index contributed by atoms with van der Waals surface area (Å²) in [6, 6.07) is 11.8. The van der Waals surface area contributed by atoms with Gasteiger partial charge in [0.2, 0.25) is 0 Å². The minimum Gasteiger partial charge on any atom is -0.497 e. The number of thiazole rings is 1. The zero-order chi connectivity index (χ0) is 17.1. The highest BCUT2D eigenvalue weighted by Gasteiger charge is 2.12. The number of benzene rings is 2. The monoisotopic (exact) mass is 344 g/mol. The molecule has 0 fully saturated rings. The molecule has 124 valence electrons. The van der Waals surface area contributed by atoms with Gasteiger partial charge in [0.1, 0.15) is 11.6 Å². The minimum absolute atomic E-state index is 0.299. The van der Waals surface area contributed by atoms with Crippen LogP contribution in [0.5, 0.6) is 5.75 Å². The summed E-state index contributed by atoms with van der Waals surface area (Å²) < 4.78 is 21.9. The van der Waals surface area contributed by atoms with E-state index in [1.165, 1.54) is 17.4 Å². The number of hydrogen-bond donors (Lipinski definition) is 0. The Hall–Kier alpha value is -2.47. The van der Waals surface area contributed by atoms with Crippen molar-refractivity contribution in [1.82, 2.24) is 4.57 Å². The predicted molar refractivity (Wildman–Crippen MR) is 93.0 cm³/mol. The number of rotatable bonds is 4. The highest BCUT2D eigenvalue weighted by atomic mass is 32.1. The highest BCUT2D eigenvalue weighted by Crippen LogP contribution is 2.21. The van der Waals surface area contributed by atoms with Crippen molar-refractivity contribution in [3.63, 3.8) is 0 Å². The van der Waals surface area contributed by atoms with E-state index in [0.29, 0.717) is 28.2 Å². The Labute approximate surface area is 142 Å². The van der Waals surface area contributed by atoms with E-state index in [4.69, 9.17) is 4.74 Å². The second-order valence-corrected chi connectivity index (χ2v) is 6.28. The number of fused-ring (bicyclic) bond motifs is 1. The lowest BCUT2D eigenvalue weighted by atomic mass is 10.2. The van der Waals surface area contributed by atoms with Gasteiger partial charge in [-0.1, -0.05) is 30.4 Å². The fourth-order valence-corrected chi connectivity index (χ4v) is 3.58. The summed E-state index contributed by atoms with van der Waals surface area (Å²) in [5.41, 5.74) is 0.942. The minimum atomic E-state index is -0.370. The number of nitrogens with zero attached hydrogens (tertiary/aromatic N) is 2. The van der Waals surface area contributed by atoms with Crippen LogP contribution in [0, 0.1) is 5.82 Å². The molecule has 0 N–H and O–H groups in total. The van der Waals surface area contributed by atoms with Crippen molar-refractivity contribution in [1.29, 1.82) is 0 Å². The molecule has 24 heavy (non-hydrogen) atoms. The first-order chi connectivity index (χ1) is 11.6. The number of hydrogen-bond acceptors (Lipinski definition) is 3. The third-order valence-corrected chi connectivity index (χ3v) is 4.66. The molecule has 0 bridgehead atoms. The van der Waals surface area contributed by atoms with Crippen LogP contribution in [0.2, 0.25) is 0 Å². The van der Waals surface area contributed by atoms with Gasteiger partial charge in [0.05, 0.1) is 17.3 Å². The number of halogens is 1. The van der Waals surface area contributed by atoms with Crippen LogP contribution in [0.1, 0.15) is 23.7 Å². The van der Waals surface area contributed by atoms with Crippen LogP contribution >= 0.6 is 11.3 Å². The molecule has 0 saturated carbocycles. The van der Waals surface area contributed by atoms with Crippen molar-refractivity contribution in [2.24, 2.45) is 4.99 Å². The Kier molecular flexibility index (Phi) is 4.76. The largest absolute Gasteiger partial charge is 0.497 e. The molecule has 0 unspecified atom stereocenters. The molecular weight excluding hydrogens is 327 g/mol. The van der Waals surface area contributed by atoms with Crippen LogP contribution in [0.3, 0.4) is 0 Å². The Morgan fingerprint density at radius 2 is 2.08 bits per heavy atom. The molecule has 0 spiro atoms. The van der Waals surface area contributed by atoms with Gasteiger partial charge in [-0.05, 0) is 36.8 Å². The van der Waals surface area contributed by atoms with E-state index < -0.39 is 0 Å². The molecule has 1 aromatic heterocycles. The number of amides is 1. The molecule has 0 radical (unpaired) electrons. The molecule has 0 aliphatic carbocycles. The fourth-order valence-electron chi connectivity index (χ4n) is 2.51. The van der Waals surface area contributed by atoms with Crippen molar-refractivity contribution >= 4 is 27.5 Å². The molecular formula is C18H17FN2O2S. The van der Waals surface area contributed by atoms with Gasteiger partial charge in [-0.25, -0.2) is 4.39 Å². The van der Waals surface area contributed by atoms with Gasteiger partial charge in [0.15, 0.2) is 4.80 Å². The van der Waals surface area contributed by atoms with Gasteiger partial charge < -0.3 is 9.30 Å². The quantitative estimate of drug-likeness (QED) is 0.718. The molecule has 1 heterocycles. The first kappa shape index (κ1) is 16.4. The van der Waals surface area contributed by atoms with E-state index in [1.54, 1.807) is 42.0 Å². The summed E-state index contributed by atoms with van der Waals surface area (Å²) in [6.45, 7) is 2.61. The molecule has 1 amide bonds. The topological polar surface area (TPSA) is 43.6 Å². The van der Waals surface area contributed by atoms with E-state index in [9.17, 15) is 9.18 Å². The normalized spacial score (nSPS) is 11.9. The average Bonchev–Trinajstić information content (AvgIpc) is 2.94. The number of aryl methyl sites for hydroxylation is 1. The summed E-state index contributed by atoms with van der Waals surface area (Å²) in [4.78, 5) is 17.2. The van der Waals surface area contributed by atoms with Gasteiger partial charge >= 0.3 is 0 Å². The Balaban J connectivity index is 2.13. The smallest absolute Gasteiger partial charge is 0.279 e. The second-order valence-electron chi connectivity index (χ2n) is 5.27. The SMILES string of the molecule is CCCn1c(=NC(=O)c2cccc(OC)c2)sc2cccc(F)c21. The van der Waals surface area contributed by atoms with Gasteiger partial charge in [-0.3, -0.25) is 4.79 Å². The van der Waals surface area contributed by atoms with Crippen LogP contribution in [-0.2, 0) is 6.54 Å². The lowest BCUT2D eigenvalue weighted by Crippen LogP contribution is -2.17. The van der Waals surface area contributed by atoms with E-state index in [2.05, 4.69) is 4.99 Å². The molecule has 0 atom stereocenters. The Bertz CT molecular complexity index is 959. The van der Waals surface area contributed by atoms with E-state index in [-0.39, 0.29) is 11.7 Å². The van der Waals surface area contributed by atoms with E-state index >= 15 is 0 Å². The molecule has 0 aliphatic rings. The maximum absolute atomic E-state index is 14.2. The van der Waals surface area contributed by atoms with Crippen LogP contribution in [0.15, 0.2) is 47.5 Å². The Morgan fingerprint density at radius 3 is 2.83 bits per heavy atom. The van der Waals surface area contributed by atoms with E-state index in [0.717, 1.165) is 11.1 Å². The summed E-state index contributed by atoms with van der Waals surface area (Å²) in [5, 5.41) is 0. The number of aromatic nitrogens is 1. The van der Waals surface area contributed by atoms with Crippen molar-refractivity contribution in [2.45, 2.75) is 19.9 Å². The highest BCUT2D eigenvalue weighted by molar-refractivity contribution is 7.16. The van der Waals surface area contributed by atoms with Crippen molar-refractivity contribution in [2.75, 3.05) is 7.11 Å². The molecule has 4 nitrogen and oxygen atoms in total.